The van der Waals surface area contributed by atoms with Crippen LogP contribution in [-0.2, 0) is 25.5 Å². The van der Waals surface area contributed by atoms with E-state index in [4.69, 9.17) is 9.72 Å². The molecular weight excluding hydrogens is 583 g/mol. The molecule has 3 aromatic rings. The Morgan fingerprint density at radius 1 is 1.07 bits per heavy atom. The summed E-state index contributed by atoms with van der Waals surface area (Å²) in [6, 6.07) is 12.5. The van der Waals surface area contributed by atoms with E-state index in [1.54, 1.807) is 30.3 Å². The van der Waals surface area contributed by atoms with Gasteiger partial charge in [0.15, 0.2) is 15.7 Å². The van der Waals surface area contributed by atoms with Crippen molar-refractivity contribution in [3.8, 4) is 11.4 Å². The molecule has 2 N–H and O–H groups in total. The molecule has 1 aliphatic heterocycles. The second kappa shape index (κ2) is 11.1. The molecule has 2 amide bonds. The monoisotopic (exact) mass is 615 g/mol. The summed E-state index contributed by atoms with van der Waals surface area (Å²) >= 11 is 0. The predicted molar refractivity (Wildman–Crippen MR) is 154 cm³/mol. The Balaban J connectivity index is 1.38. The first-order valence-electron chi connectivity index (χ1n) is 14.3. The highest BCUT2D eigenvalue weighted by Crippen LogP contribution is 2.56. The number of morpholine rings is 1. The van der Waals surface area contributed by atoms with Gasteiger partial charge >= 0.3 is 12.2 Å². The number of alkyl halides is 3. The summed E-state index contributed by atoms with van der Waals surface area (Å²) in [6.07, 6.45) is -1.55. The van der Waals surface area contributed by atoms with Gasteiger partial charge in [0.2, 0.25) is 0 Å². The minimum atomic E-state index is -4.84. The van der Waals surface area contributed by atoms with E-state index in [1.807, 2.05) is 11.8 Å². The van der Waals surface area contributed by atoms with Crippen molar-refractivity contribution in [2.24, 2.45) is 0 Å². The average Bonchev–Trinajstić information content (AvgIpc) is 3.78. The summed E-state index contributed by atoms with van der Waals surface area (Å²) in [6.45, 7) is 3.36. The summed E-state index contributed by atoms with van der Waals surface area (Å²) < 4.78 is 73.6. The molecule has 9 nitrogen and oxygen atoms in total. The molecule has 43 heavy (non-hydrogen) atoms. The highest BCUT2D eigenvalue weighted by atomic mass is 32.2. The standard InChI is InChI=1S/C30H32F3N5O4S/c1-19-18-42-16-15-38(19)26-17-25(29(13-14-29)43(40,41)24-8-3-2-7-23(24)30(31,32)33)36-27(37-26)20-9-11-22(12-10-20)35-28(39)34-21-5-4-6-21/h2-3,7-12,17,19,21H,4-6,13-16,18H2,1H3,(H2,34,35,39)/t19-/m0/s1. The highest BCUT2D eigenvalue weighted by Gasteiger charge is 2.59. The van der Waals surface area contributed by atoms with E-state index in [1.165, 1.54) is 12.1 Å². The molecule has 2 heterocycles. The van der Waals surface area contributed by atoms with Crippen molar-refractivity contribution < 1.29 is 31.1 Å². The van der Waals surface area contributed by atoms with Gasteiger partial charge in [0.1, 0.15) is 10.6 Å². The van der Waals surface area contributed by atoms with Crippen LogP contribution in [0.1, 0.15) is 50.3 Å². The van der Waals surface area contributed by atoms with Crippen LogP contribution in [-0.4, -0.2) is 56.3 Å². The van der Waals surface area contributed by atoms with Gasteiger partial charge in [-0.1, -0.05) is 12.1 Å². The number of aromatic nitrogens is 2. The second-order valence-electron chi connectivity index (χ2n) is 11.3. The largest absolute Gasteiger partial charge is 0.417 e. The van der Waals surface area contributed by atoms with E-state index >= 15 is 0 Å². The maximum absolute atomic E-state index is 14.0. The normalized spacial score (nSPS) is 20.3. The Morgan fingerprint density at radius 3 is 2.42 bits per heavy atom. The van der Waals surface area contributed by atoms with Crippen LogP contribution < -0.4 is 15.5 Å². The number of anilines is 2. The lowest BCUT2D eigenvalue weighted by Gasteiger charge is -2.35. The summed E-state index contributed by atoms with van der Waals surface area (Å²) in [7, 11) is -4.49. The topological polar surface area (TPSA) is 114 Å². The first-order valence-corrected chi connectivity index (χ1v) is 15.8. The van der Waals surface area contributed by atoms with Gasteiger partial charge in [0, 0.05) is 29.9 Å². The fourth-order valence-electron chi connectivity index (χ4n) is 5.54. The van der Waals surface area contributed by atoms with Crippen LogP contribution in [0.5, 0.6) is 0 Å². The zero-order valence-corrected chi connectivity index (χ0v) is 24.3. The van der Waals surface area contributed by atoms with Gasteiger partial charge in [-0.15, -0.1) is 0 Å². The summed E-state index contributed by atoms with van der Waals surface area (Å²) in [5.41, 5.74) is 0.0915. The highest BCUT2D eigenvalue weighted by molar-refractivity contribution is 7.92. The Labute approximate surface area is 247 Å². The van der Waals surface area contributed by atoms with Gasteiger partial charge in [-0.25, -0.2) is 23.2 Å². The lowest BCUT2D eigenvalue weighted by Crippen LogP contribution is -2.44. The molecule has 1 atom stereocenters. The van der Waals surface area contributed by atoms with E-state index in [2.05, 4.69) is 15.6 Å². The molecule has 2 aliphatic carbocycles. The molecule has 0 radical (unpaired) electrons. The fourth-order valence-corrected chi connectivity index (χ4v) is 7.71. The van der Waals surface area contributed by atoms with E-state index < -0.39 is 31.2 Å². The SMILES string of the molecule is C[C@H]1COCCN1c1cc(C2(S(=O)(=O)c3ccccc3C(F)(F)F)CC2)nc(-c2ccc(NC(=O)NC3CCC3)cc2)n1. The molecule has 13 heteroatoms. The molecule has 2 saturated carbocycles. The lowest BCUT2D eigenvalue weighted by atomic mass is 9.93. The van der Waals surface area contributed by atoms with Gasteiger partial charge < -0.3 is 20.3 Å². The minimum Gasteiger partial charge on any atom is -0.377 e. The van der Waals surface area contributed by atoms with Gasteiger partial charge in [0.25, 0.3) is 0 Å². The zero-order chi connectivity index (χ0) is 30.4. The van der Waals surface area contributed by atoms with Gasteiger partial charge in [-0.2, -0.15) is 13.2 Å². The predicted octanol–water partition coefficient (Wildman–Crippen LogP) is 5.52. The number of carbonyl (C=O) groups is 1. The van der Waals surface area contributed by atoms with Gasteiger partial charge in [-0.05, 0) is 75.4 Å². The van der Waals surface area contributed by atoms with Gasteiger partial charge in [-0.3, -0.25) is 0 Å². The summed E-state index contributed by atoms with van der Waals surface area (Å²) in [5, 5.41) is 5.72. The number of benzene rings is 2. The number of sulfone groups is 1. The van der Waals surface area contributed by atoms with E-state index in [0.717, 1.165) is 31.4 Å². The van der Waals surface area contributed by atoms with E-state index in [-0.39, 0.29) is 42.5 Å². The van der Waals surface area contributed by atoms with Crippen molar-refractivity contribution in [3.63, 3.8) is 0 Å². The molecule has 3 fully saturated rings. The van der Waals surface area contributed by atoms with Crippen LogP contribution in [0.4, 0.5) is 29.5 Å². The van der Waals surface area contributed by atoms with Crippen LogP contribution in [0.3, 0.4) is 0 Å². The maximum Gasteiger partial charge on any atom is 0.417 e. The van der Waals surface area contributed by atoms with Gasteiger partial charge in [0.05, 0.1) is 35.4 Å². The Hall–Kier alpha value is -3.71. The van der Waals surface area contributed by atoms with Crippen molar-refractivity contribution in [1.82, 2.24) is 15.3 Å². The average molecular weight is 616 g/mol. The van der Waals surface area contributed by atoms with Crippen molar-refractivity contribution >= 4 is 27.4 Å². The number of halogens is 3. The minimum absolute atomic E-state index is 0.0668. The quantitative estimate of drug-likeness (QED) is 0.360. The van der Waals surface area contributed by atoms with Crippen LogP contribution in [0, 0.1) is 0 Å². The van der Waals surface area contributed by atoms with Crippen LogP contribution in [0.25, 0.3) is 11.4 Å². The fraction of sp³-hybridized carbons (Fsp3) is 0.433. The number of nitrogens with one attached hydrogen (secondary N) is 2. The number of hydrogen-bond donors (Lipinski definition) is 2. The molecule has 2 aromatic carbocycles. The molecule has 1 aromatic heterocycles. The third kappa shape index (κ3) is 5.67. The Kier molecular flexibility index (Phi) is 7.57. The number of amides is 2. The van der Waals surface area contributed by atoms with Crippen LogP contribution in [0.2, 0.25) is 0 Å². The van der Waals surface area contributed by atoms with E-state index in [9.17, 15) is 26.4 Å². The summed E-state index contributed by atoms with van der Waals surface area (Å²) in [4.78, 5) is 23.0. The van der Waals surface area contributed by atoms with Crippen molar-refractivity contribution in [2.75, 3.05) is 30.0 Å². The third-order valence-corrected chi connectivity index (χ3v) is 11.0. The number of hydrogen-bond acceptors (Lipinski definition) is 7. The lowest BCUT2D eigenvalue weighted by molar-refractivity contribution is -0.139. The number of urea groups is 1. The van der Waals surface area contributed by atoms with E-state index in [0.29, 0.717) is 36.8 Å². The molecule has 0 unspecified atom stereocenters. The summed E-state index contributed by atoms with van der Waals surface area (Å²) in [5.74, 6) is 0.714. The second-order valence-corrected chi connectivity index (χ2v) is 13.6. The third-order valence-electron chi connectivity index (χ3n) is 8.38. The smallest absolute Gasteiger partial charge is 0.377 e. The molecule has 0 spiro atoms. The van der Waals surface area contributed by atoms with Crippen LogP contribution in [0.15, 0.2) is 59.5 Å². The molecule has 6 rings (SSSR count). The Bertz CT molecular complexity index is 1620. The number of ether oxygens (including phenoxy) is 1. The van der Waals surface area contributed by atoms with Crippen molar-refractivity contribution in [3.05, 3.63) is 65.9 Å². The molecule has 228 valence electrons. The van der Waals surface area contributed by atoms with Crippen molar-refractivity contribution in [2.45, 2.75) is 66.9 Å². The van der Waals surface area contributed by atoms with Crippen molar-refractivity contribution in [1.29, 1.82) is 0 Å². The molecular formula is C30H32F3N5O4S. The Morgan fingerprint density at radius 2 is 1.79 bits per heavy atom. The number of rotatable bonds is 7. The molecule has 3 aliphatic rings. The number of nitrogens with zero attached hydrogens (tertiary/aromatic N) is 3. The number of carbonyl (C=O) groups excluding carboxylic acids is 1. The molecule has 0 bridgehead atoms. The first-order chi connectivity index (χ1) is 20.5. The first kappa shape index (κ1) is 29.4. The van der Waals surface area contributed by atoms with Crippen LogP contribution >= 0.6 is 0 Å². The molecule has 1 saturated heterocycles. The maximum atomic E-state index is 14.0. The zero-order valence-electron chi connectivity index (χ0n) is 23.5.